The van der Waals surface area contributed by atoms with Gasteiger partial charge in [0.1, 0.15) is 0 Å². The van der Waals surface area contributed by atoms with Crippen molar-refractivity contribution in [3.63, 3.8) is 0 Å². The number of carboxylic acid groups (broad SMARTS) is 1. The molecule has 0 unspecified atom stereocenters. The predicted octanol–water partition coefficient (Wildman–Crippen LogP) is -2.61. The van der Waals surface area contributed by atoms with Crippen molar-refractivity contribution in [1.29, 1.82) is 0 Å². The Balaban J connectivity index is 2.91. The molecule has 0 bridgehead atoms. The van der Waals surface area contributed by atoms with Crippen LogP contribution in [0.5, 0.6) is 0 Å². The predicted molar refractivity (Wildman–Crippen MR) is 68.2 cm³/mol. The van der Waals surface area contributed by atoms with Gasteiger partial charge < -0.3 is 32.1 Å². The summed E-state index contributed by atoms with van der Waals surface area (Å²) in [5.41, 5.74) is 5.33. The van der Waals surface area contributed by atoms with Crippen molar-refractivity contribution in [3.05, 3.63) is 0 Å². The maximum Gasteiger partial charge on any atom is 0.317 e. The number of hydrogen-bond donors (Lipinski definition) is 6. The van der Waals surface area contributed by atoms with Crippen LogP contribution < -0.4 is 27.0 Å². The number of nitrogens with one attached hydrogen (secondary N) is 4. The first-order chi connectivity index (χ1) is 8.27. The molecule has 0 aromatic heterocycles. The Morgan fingerprint density at radius 3 is 1.65 bits per heavy atom. The molecule has 0 atom stereocenters. The minimum absolute atomic E-state index is 0.0206. The van der Waals surface area contributed by atoms with Crippen molar-refractivity contribution in [2.24, 2.45) is 5.73 Å². The number of carboxylic acids is 1. The number of aliphatic carboxylic acids is 1. The van der Waals surface area contributed by atoms with Crippen LogP contribution in [0, 0.1) is 0 Å². The maximum absolute atomic E-state index is 10.2. The summed E-state index contributed by atoms with van der Waals surface area (Å²) in [6, 6.07) is 0. The quantitative estimate of drug-likeness (QED) is 0.198. The van der Waals surface area contributed by atoms with Gasteiger partial charge in [-0.05, 0) is 0 Å². The van der Waals surface area contributed by atoms with Crippen molar-refractivity contribution in [2.45, 2.75) is 0 Å². The van der Waals surface area contributed by atoms with Gasteiger partial charge in [0.2, 0.25) is 0 Å². The lowest BCUT2D eigenvalue weighted by Gasteiger charge is -2.07. The molecule has 0 heterocycles. The monoisotopic (exact) mass is 247 g/mol. The average molecular weight is 247 g/mol. The fraction of sp³-hybridized carbons (Fsp3) is 0.900. The van der Waals surface area contributed by atoms with Gasteiger partial charge in [0.25, 0.3) is 0 Å². The van der Waals surface area contributed by atoms with E-state index >= 15 is 0 Å². The molecule has 0 aliphatic rings. The van der Waals surface area contributed by atoms with Gasteiger partial charge in [-0.2, -0.15) is 0 Å². The Morgan fingerprint density at radius 1 is 0.824 bits per heavy atom. The average Bonchev–Trinajstić information content (AvgIpc) is 2.30. The number of hydrogen-bond acceptors (Lipinski definition) is 6. The van der Waals surface area contributed by atoms with Crippen LogP contribution in [0.2, 0.25) is 0 Å². The van der Waals surface area contributed by atoms with E-state index in [0.29, 0.717) is 13.1 Å². The Bertz CT molecular complexity index is 180. The maximum atomic E-state index is 10.2. The zero-order chi connectivity index (χ0) is 12.8. The standard InChI is InChI=1S/C10H25N5O2/c11-1-2-12-3-4-13-5-6-14-7-8-15-9-10(16)17/h12-15H,1-9,11H2,(H,16,17). The van der Waals surface area contributed by atoms with Crippen LogP contribution in [-0.4, -0.2) is 70.0 Å². The Morgan fingerprint density at radius 2 is 1.24 bits per heavy atom. The van der Waals surface area contributed by atoms with E-state index in [1.165, 1.54) is 0 Å². The van der Waals surface area contributed by atoms with Gasteiger partial charge in [-0.1, -0.05) is 0 Å². The van der Waals surface area contributed by atoms with Gasteiger partial charge in [0, 0.05) is 52.4 Å². The van der Waals surface area contributed by atoms with Crippen molar-refractivity contribution in [2.75, 3.05) is 58.9 Å². The molecular weight excluding hydrogens is 222 g/mol. The van der Waals surface area contributed by atoms with Crippen LogP contribution in [0.1, 0.15) is 0 Å². The normalized spacial score (nSPS) is 10.6. The summed E-state index contributed by atoms with van der Waals surface area (Å²) < 4.78 is 0. The van der Waals surface area contributed by atoms with E-state index in [2.05, 4.69) is 21.3 Å². The minimum atomic E-state index is -0.823. The van der Waals surface area contributed by atoms with Gasteiger partial charge in [0.05, 0.1) is 6.54 Å². The third-order valence-electron chi connectivity index (χ3n) is 2.03. The molecule has 7 N–H and O–H groups in total. The molecule has 7 heteroatoms. The molecule has 17 heavy (non-hydrogen) atoms. The highest BCUT2D eigenvalue weighted by Gasteiger charge is 1.93. The minimum Gasteiger partial charge on any atom is -0.480 e. The largest absolute Gasteiger partial charge is 0.480 e. The zero-order valence-corrected chi connectivity index (χ0v) is 10.3. The molecule has 0 aliphatic heterocycles. The van der Waals surface area contributed by atoms with Crippen LogP contribution in [0.4, 0.5) is 0 Å². The summed E-state index contributed by atoms with van der Waals surface area (Å²) in [5, 5.41) is 20.8. The van der Waals surface area contributed by atoms with Crippen LogP contribution in [0.3, 0.4) is 0 Å². The fourth-order valence-electron chi connectivity index (χ4n) is 1.20. The van der Waals surface area contributed by atoms with Gasteiger partial charge in [-0.15, -0.1) is 0 Å². The molecule has 0 aromatic rings. The fourth-order valence-corrected chi connectivity index (χ4v) is 1.20. The number of nitrogens with two attached hydrogens (primary N) is 1. The first-order valence-corrected chi connectivity index (χ1v) is 6.02. The molecule has 0 radical (unpaired) electrons. The highest BCUT2D eigenvalue weighted by Crippen LogP contribution is 1.63. The number of rotatable bonds is 13. The smallest absolute Gasteiger partial charge is 0.317 e. The Labute approximate surface area is 103 Å². The SMILES string of the molecule is NCCNCCNCCNCCNCC(=O)O. The molecule has 7 nitrogen and oxygen atoms in total. The highest BCUT2D eigenvalue weighted by atomic mass is 16.4. The topological polar surface area (TPSA) is 111 Å². The van der Waals surface area contributed by atoms with Crippen LogP contribution in [0.25, 0.3) is 0 Å². The summed E-state index contributed by atoms with van der Waals surface area (Å²) in [7, 11) is 0. The second-order valence-corrected chi connectivity index (χ2v) is 3.61. The summed E-state index contributed by atoms with van der Waals surface area (Å²) in [4.78, 5) is 10.2. The van der Waals surface area contributed by atoms with Crippen LogP contribution in [-0.2, 0) is 4.79 Å². The van der Waals surface area contributed by atoms with E-state index in [4.69, 9.17) is 10.8 Å². The van der Waals surface area contributed by atoms with E-state index in [1.807, 2.05) is 0 Å². The van der Waals surface area contributed by atoms with Gasteiger partial charge in [-0.3, -0.25) is 4.79 Å². The third-order valence-corrected chi connectivity index (χ3v) is 2.03. The molecule has 0 spiro atoms. The van der Waals surface area contributed by atoms with Crippen molar-refractivity contribution in [1.82, 2.24) is 21.3 Å². The second-order valence-electron chi connectivity index (χ2n) is 3.61. The molecule has 0 aliphatic carbocycles. The van der Waals surface area contributed by atoms with Gasteiger partial charge >= 0.3 is 5.97 Å². The van der Waals surface area contributed by atoms with E-state index in [0.717, 1.165) is 39.3 Å². The molecule has 0 saturated heterocycles. The Kier molecular flexibility index (Phi) is 12.8. The van der Waals surface area contributed by atoms with Crippen LogP contribution in [0.15, 0.2) is 0 Å². The summed E-state index contributed by atoms with van der Waals surface area (Å²) >= 11 is 0. The molecule has 0 fully saturated rings. The van der Waals surface area contributed by atoms with Crippen LogP contribution >= 0.6 is 0 Å². The lowest BCUT2D eigenvalue weighted by Crippen LogP contribution is -2.36. The summed E-state index contributed by atoms with van der Waals surface area (Å²) in [6.45, 7) is 6.64. The highest BCUT2D eigenvalue weighted by molar-refractivity contribution is 5.68. The van der Waals surface area contributed by atoms with E-state index in [1.54, 1.807) is 0 Å². The van der Waals surface area contributed by atoms with Gasteiger partial charge in [0.15, 0.2) is 0 Å². The number of carbonyl (C=O) groups is 1. The molecule has 0 saturated carbocycles. The third kappa shape index (κ3) is 15.3. The van der Waals surface area contributed by atoms with Gasteiger partial charge in [-0.25, -0.2) is 0 Å². The molecule has 102 valence electrons. The Hall–Kier alpha value is -0.730. The molecule has 0 amide bonds. The van der Waals surface area contributed by atoms with E-state index < -0.39 is 5.97 Å². The van der Waals surface area contributed by atoms with E-state index in [-0.39, 0.29) is 6.54 Å². The molecule has 0 aromatic carbocycles. The molecular formula is C10H25N5O2. The van der Waals surface area contributed by atoms with Crippen molar-refractivity contribution in [3.8, 4) is 0 Å². The lowest BCUT2D eigenvalue weighted by molar-refractivity contribution is -0.135. The van der Waals surface area contributed by atoms with E-state index in [9.17, 15) is 4.79 Å². The first kappa shape index (κ1) is 16.3. The summed E-state index contributed by atoms with van der Waals surface area (Å²) in [5.74, 6) is -0.823. The lowest BCUT2D eigenvalue weighted by atomic mass is 10.5. The summed E-state index contributed by atoms with van der Waals surface area (Å²) in [6.07, 6.45) is 0. The second kappa shape index (κ2) is 13.3. The van der Waals surface area contributed by atoms with Crippen molar-refractivity contribution < 1.29 is 9.90 Å². The van der Waals surface area contributed by atoms with Crippen molar-refractivity contribution >= 4 is 5.97 Å². The molecule has 0 rings (SSSR count). The first-order valence-electron chi connectivity index (χ1n) is 6.02. The zero-order valence-electron chi connectivity index (χ0n) is 10.3.